The molecule has 0 radical (unpaired) electrons. The lowest BCUT2D eigenvalue weighted by atomic mass is 9.84. The Kier molecular flexibility index (Phi) is 3.79. The van der Waals surface area contributed by atoms with Gasteiger partial charge >= 0.3 is 0 Å². The molecule has 1 unspecified atom stereocenters. The number of carbonyl (C=O) groups excluding carboxylic acids is 1. The van der Waals surface area contributed by atoms with E-state index in [1.807, 2.05) is 0 Å². The van der Waals surface area contributed by atoms with E-state index >= 15 is 0 Å². The molecule has 1 aromatic carbocycles. The zero-order valence-corrected chi connectivity index (χ0v) is 11.9. The van der Waals surface area contributed by atoms with Crippen molar-refractivity contribution in [1.29, 1.82) is 0 Å². The number of ketones is 1. The standard InChI is InChI=1S/C17H22O2/c1-17(2,3)14-6-4-12(5-7-14)10-13-11-15(18)8-9-16(13)19/h4-7,11,13,18H,8-10H2,1-3H3. The third-order valence-electron chi connectivity index (χ3n) is 3.71. The Hall–Kier alpha value is -1.57. The lowest BCUT2D eigenvalue weighted by Crippen LogP contribution is -2.19. The van der Waals surface area contributed by atoms with E-state index in [1.165, 1.54) is 5.56 Å². The van der Waals surface area contributed by atoms with Crippen molar-refractivity contribution in [3.63, 3.8) is 0 Å². The molecule has 0 aromatic heterocycles. The van der Waals surface area contributed by atoms with Crippen LogP contribution in [0, 0.1) is 5.92 Å². The number of allylic oxidation sites excluding steroid dienone is 2. The molecule has 0 amide bonds. The first kappa shape index (κ1) is 13.9. The average molecular weight is 258 g/mol. The molecule has 0 bridgehead atoms. The number of aliphatic hydroxyl groups excluding tert-OH is 1. The van der Waals surface area contributed by atoms with Gasteiger partial charge in [-0.05, 0) is 29.0 Å². The summed E-state index contributed by atoms with van der Waals surface area (Å²) in [5.74, 6) is 0.433. The van der Waals surface area contributed by atoms with E-state index in [-0.39, 0.29) is 17.1 Å². The largest absolute Gasteiger partial charge is 0.513 e. The Morgan fingerprint density at radius 1 is 1.16 bits per heavy atom. The molecule has 102 valence electrons. The molecule has 1 aromatic rings. The van der Waals surface area contributed by atoms with Gasteiger partial charge in [0, 0.05) is 18.8 Å². The molecular formula is C17H22O2. The SMILES string of the molecule is CC(C)(C)c1ccc(CC2C=C(O)CCC2=O)cc1. The minimum absolute atomic E-state index is 0.150. The van der Waals surface area contributed by atoms with E-state index < -0.39 is 0 Å². The zero-order valence-electron chi connectivity index (χ0n) is 11.9. The van der Waals surface area contributed by atoms with E-state index in [9.17, 15) is 9.90 Å². The van der Waals surface area contributed by atoms with Crippen LogP contribution in [0.3, 0.4) is 0 Å². The first-order valence-corrected chi connectivity index (χ1v) is 6.88. The topological polar surface area (TPSA) is 37.3 Å². The van der Waals surface area contributed by atoms with Crippen LogP contribution in [0.2, 0.25) is 0 Å². The molecule has 1 N–H and O–H groups in total. The molecule has 2 rings (SSSR count). The first-order valence-electron chi connectivity index (χ1n) is 6.88. The fourth-order valence-electron chi connectivity index (χ4n) is 2.41. The summed E-state index contributed by atoms with van der Waals surface area (Å²) < 4.78 is 0. The molecule has 0 saturated heterocycles. The number of rotatable bonds is 2. The highest BCUT2D eigenvalue weighted by Gasteiger charge is 2.22. The minimum atomic E-state index is -0.158. The number of hydrogen-bond acceptors (Lipinski definition) is 2. The Morgan fingerprint density at radius 3 is 2.37 bits per heavy atom. The van der Waals surface area contributed by atoms with Gasteiger partial charge < -0.3 is 5.11 Å². The minimum Gasteiger partial charge on any atom is -0.513 e. The van der Waals surface area contributed by atoms with Gasteiger partial charge in [0.15, 0.2) is 0 Å². The van der Waals surface area contributed by atoms with Crippen molar-refractivity contribution >= 4 is 5.78 Å². The van der Waals surface area contributed by atoms with Crippen molar-refractivity contribution in [2.45, 2.75) is 45.4 Å². The Balaban J connectivity index is 2.11. The molecule has 0 heterocycles. The molecule has 0 saturated carbocycles. The fourth-order valence-corrected chi connectivity index (χ4v) is 2.41. The average Bonchev–Trinajstić information content (AvgIpc) is 2.33. The highest BCUT2D eigenvalue weighted by Crippen LogP contribution is 2.25. The summed E-state index contributed by atoms with van der Waals surface area (Å²) >= 11 is 0. The quantitative estimate of drug-likeness (QED) is 0.872. The monoisotopic (exact) mass is 258 g/mol. The molecule has 2 heteroatoms. The van der Waals surface area contributed by atoms with Crippen LogP contribution in [-0.4, -0.2) is 10.9 Å². The van der Waals surface area contributed by atoms with Gasteiger partial charge in [0.05, 0.1) is 5.76 Å². The lowest BCUT2D eigenvalue weighted by Gasteiger charge is -2.20. The van der Waals surface area contributed by atoms with E-state index in [2.05, 4.69) is 45.0 Å². The Labute approximate surface area is 115 Å². The van der Waals surface area contributed by atoms with Crippen LogP contribution >= 0.6 is 0 Å². The van der Waals surface area contributed by atoms with Crippen LogP contribution in [0.5, 0.6) is 0 Å². The van der Waals surface area contributed by atoms with E-state index in [4.69, 9.17) is 0 Å². The van der Waals surface area contributed by atoms with Crippen molar-refractivity contribution in [3.05, 3.63) is 47.2 Å². The summed E-state index contributed by atoms with van der Waals surface area (Å²) in [4.78, 5) is 11.8. The molecule has 1 atom stereocenters. The molecule has 1 aliphatic carbocycles. The molecule has 0 aliphatic heterocycles. The van der Waals surface area contributed by atoms with Crippen molar-refractivity contribution in [1.82, 2.24) is 0 Å². The number of carbonyl (C=O) groups is 1. The molecule has 0 spiro atoms. The third kappa shape index (κ3) is 3.46. The molecular weight excluding hydrogens is 236 g/mol. The van der Waals surface area contributed by atoms with Gasteiger partial charge in [-0.25, -0.2) is 0 Å². The van der Waals surface area contributed by atoms with Gasteiger partial charge in [-0.3, -0.25) is 4.79 Å². The van der Waals surface area contributed by atoms with Crippen LogP contribution in [0.1, 0.15) is 44.7 Å². The molecule has 0 fully saturated rings. The van der Waals surface area contributed by atoms with Gasteiger partial charge in [-0.1, -0.05) is 45.0 Å². The van der Waals surface area contributed by atoms with Gasteiger partial charge in [-0.2, -0.15) is 0 Å². The second kappa shape index (κ2) is 5.20. The predicted molar refractivity (Wildman–Crippen MR) is 77.3 cm³/mol. The second-order valence-corrected chi connectivity index (χ2v) is 6.38. The normalized spacial score (nSPS) is 20.3. The first-order chi connectivity index (χ1) is 8.86. The highest BCUT2D eigenvalue weighted by molar-refractivity contribution is 5.84. The summed E-state index contributed by atoms with van der Waals surface area (Å²) in [5, 5.41) is 9.54. The lowest BCUT2D eigenvalue weighted by molar-refractivity contribution is -0.122. The highest BCUT2D eigenvalue weighted by atomic mass is 16.3. The van der Waals surface area contributed by atoms with Crippen LogP contribution in [0.4, 0.5) is 0 Å². The van der Waals surface area contributed by atoms with Gasteiger partial charge in [0.2, 0.25) is 0 Å². The number of hydrogen-bond donors (Lipinski definition) is 1. The fraction of sp³-hybridized carbons (Fsp3) is 0.471. The summed E-state index contributed by atoms with van der Waals surface area (Å²) in [7, 11) is 0. The number of Topliss-reactive ketones (excluding diaryl/α,β-unsaturated/α-hetero) is 1. The maximum absolute atomic E-state index is 11.8. The van der Waals surface area contributed by atoms with Gasteiger partial charge in [-0.15, -0.1) is 0 Å². The van der Waals surface area contributed by atoms with Crippen LogP contribution in [0.15, 0.2) is 36.1 Å². The Morgan fingerprint density at radius 2 is 1.79 bits per heavy atom. The summed E-state index contributed by atoms with van der Waals surface area (Å²) in [6, 6.07) is 8.44. The maximum Gasteiger partial charge on any atom is 0.140 e. The van der Waals surface area contributed by atoms with Crippen LogP contribution in [0.25, 0.3) is 0 Å². The van der Waals surface area contributed by atoms with E-state index in [0.29, 0.717) is 25.0 Å². The molecule has 19 heavy (non-hydrogen) atoms. The van der Waals surface area contributed by atoms with Crippen molar-refractivity contribution in [2.24, 2.45) is 5.92 Å². The summed E-state index contributed by atoms with van der Waals surface area (Å²) in [6.45, 7) is 6.56. The van der Waals surface area contributed by atoms with Crippen LogP contribution in [-0.2, 0) is 16.6 Å². The van der Waals surface area contributed by atoms with E-state index in [1.54, 1.807) is 6.08 Å². The molecule has 1 aliphatic rings. The van der Waals surface area contributed by atoms with Crippen molar-refractivity contribution in [2.75, 3.05) is 0 Å². The predicted octanol–water partition coefficient (Wildman–Crippen LogP) is 3.95. The maximum atomic E-state index is 11.8. The smallest absolute Gasteiger partial charge is 0.140 e. The van der Waals surface area contributed by atoms with Crippen molar-refractivity contribution < 1.29 is 9.90 Å². The van der Waals surface area contributed by atoms with Gasteiger partial charge in [0.1, 0.15) is 5.78 Å². The number of aliphatic hydroxyl groups is 1. The zero-order chi connectivity index (χ0) is 14.0. The number of benzene rings is 1. The second-order valence-electron chi connectivity index (χ2n) is 6.38. The van der Waals surface area contributed by atoms with Crippen LogP contribution < -0.4 is 0 Å². The van der Waals surface area contributed by atoms with Crippen molar-refractivity contribution in [3.8, 4) is 0 Å². The van der Waals surface area contributed by atoms with E-state index in [0.717, 1.165) is 5.56 Å². The van der Waals surface area contributed by atoms with Gasteiger partial charge in [0.25, 0.3) is 0 Å². The summed E-state index contributed by atoms with van der Waals surface area (Å²) in [6.07, 6.45) is 3.36. The molecule has 2 nitrogen and oxygen atoms in total. The third-order valence-corrected chi connectivity index (χ3v) is 3.71. The summed E-state index contributed by atoms with van der Waals surface area (Å²) in [5.41, 5.74) is 2.60. The Bertz CT molecular complexity index is 489.